The molecule has 0 aromatic carbocycles. The highest BCUT2D eigenvalue weighted by Crippen LogP contribution is 2.21. The molecule has 0 aliphatic heterocycles. The number of anilines is 1. The number of sulfonamides is 1. The molecular weight excluding hydrogens is 290 g/mol. The molecule has 0 saturated carbocycles. The summed E-state index contributed by atoms with van der Waals surface area (Å²) in [6.07, 6.45) is -0.729. The van der Waals surface area contributed by atoms with E-state index in [0.29, 0.717) is 17.1 Å². The topological polar surface area (TPSA) is 105 Å². The summed E-state index contributed by atoms with van der Waals surface area (Å²) in [5, 5.41) is 14.8. The van der Waals surface area contributed by atoms with Crippen LogP contribution in [0.1, 0.15) is 30.2 Å². The molecule has 1 atom stereocenters. The highest BCUT2D eigenvalue weighted by atomic mass is 32.2. The molecule has 19 heavy (non-hydrogen) atoms. The first kappa shape index (κ1) is 14.0. The standard InChI is InChI=1S/C10H13N3O4S2/c1-6-3-8(12-17-6)5-19(15,16)13-10-11-9(4-18-10)7(2)14/h3-4,7,14H,5H2,1-2H3,(H,11,13). The Kier molecular flexibility index (Phi) is 3.88. The molecule has 2 aromatic rings. The van der Waals surface area contributed by atoms with Crippen molar-refractivity contribution < 1.29 is 18.0 Å². The monoisotopic (exact) mass is 303 g/mol. The van der Waals surface area contributed by atoms with Crippen LogP contribution in [-0.2, 0) is 15.8 Å². The third kappa shape index (κ3) is 3.75. The van der Waals surface area contributed by atoms with E-state index >= 15 is 0 Å². The molecule has 0 aliphatic carbocycles. The first-order valence-electron chi connectivity index (χ1n) is 5.42. The van der Waals surface area contributed by atoms with Crippen molar-refractivity contribution in [2.24, 2.45) is 0 Å². The van der Waals surface area contributed by atoms with Crippen molar-refractivity contribution in [3.05, 3.63) is 28.6 Å². The van der Waals surface area contributed by atoms with Gasteiger partial charge in [0.2, 0.25) is 10.0 Å². The SMILES string of the molecule is Cc1cc(CS(=O)(=O)Nc2nc(C(C)O)cs2)no1. The van der Waals surface area contributed by atoms with Gasteiger partial charge in [-0.05, 0) is 13.8 Å². The van der Waals surface area contributed by atoms with Gasteiger partial charge in [0.25, 0.3) is 0 Å². The molecule has 104 valence electrons. The number of rotatable bonds is 5. The molecule has 0 aliphatic rings. The van der Waals surface area contributed by atoms with Crippen molar-refractivity contribution in [2.75, 3.05) is 4.72 Å². The molecule has 9 heteroatoms. The van der Waals surface area contributed by atoms with E-state index < -0.39 is 16.1 Å². The molecule has 2 rings (SSSR count). The minimum Gasteiger partial charge on any atom is -0.387 e. The lowest BCUT2D eigenvalue weighted by molar-refractivity contribution is 0.195. The number of aryl methyl sites for hydroxylation is 1. The Morgan fingerprint density at radius 1 is 1.58 bits per heavy atom. The maximum absolute atomic E-state index is 11.9. The lowest BCUT2D eigenvalue weighted by Gasteiger charge is -2.02. The van der Waals surface area contributed by atoms with Gasteiger partial charge >= 0.3 is 0 Å². The number of aliphatic hydroxyl groups excluding tert-OH is 1. The predicted molar refractivity (Wildman–Crippen MR) is 70.2 cm³/mol. The van der Waals surface area contributed by atoms with Gasteiger partial charge in [-0.3, -0.25) is 4.72 Å². The number of hydrogen-bond acceptors (Lipinski definition) is 7. The van der Waals surface area contributed by atoms with E-state index in [4.69, 9.17) is 4.52 Å². The van der Waals surface area contributed by atoms with Gasteiger partial charge in [0.05, 0.1) is 11.8 Å². The summed E-state index contributed by atoms with van der Waals surface area (Å²) in [5.74, 6) is 0.268. The minimum atomic E-state index is -3.59. The van der Waals surface area contributed by atoms with E-state index in [1.807, 2.05) is 0 Å². The van der Waals surface area contributed by atoms with E-state index in [1.165, 1.54) is 0 Å². The molecule has 0 spiro atoms. The van der Waals surface area contributed by atoms with Crippen molar-refractivity contribution in [2.45, 2.75) is 25.7 Å². The van der Waals surface area contributed by atoms with Gasteiger partial charge in [0.1, 0.15) is 17.2 Å². The molecule has 7 nitrogen and oxygen atoms in total. The number of nitrogens with zero attached hydrogens (tertiary/aromatic N) is 2. The number of hydrogen-bond donors (Lipinski definition) is 2. The Balaban J connectivity index is 2.08. The van der Waals surface area contributed by atoms with Gasteiger partial charge in [-0.1, -0.05) is 5.16 Å². The zero-order valence-electron chi connectivity index (χ0n) is 10.3. The van der Waals surface area contributed by atoms with Crippen LogP contribution in [0.2, 0.25) is 0 Å². The predicted octanol–water partition coefficient (Wildman–Crippen LogP) is 1.43. The largest absolute Gasteiger partial charge is 0.387 e. The third-order valence-electron chi connectivity index (χ3n) is 2.21. The van der Waals surface area contributed by atoms with Crippen LogP contribution in [0.4, 0.5) is 5.13 Å². The summed E-state index contributed by atoms with van der Waals surface area (Å²) in [7, 11) is -3.59. The zero-order valence-corrected chi connectivity index (χ0v) is 12.0. The fraction of sp³-hybridized carbons (Fsp3) is 0.400. The van der Waals surface area contributed by atoms with Gasteiger partial charge in [0.15, 0.2) is 5.13 Å². The summed E-state index contributed by atoms with van der Waals surface area (Å²) in [6, 6.07) is 1.56. The maximum Gasteiger partial charge on any atom is 0.240 e. The first-order valence-corrected chi connectivity index (χ1v) is 7.95. The molecule has 2 N–H and O–H groups in total. The fourth-order valence-corrected chi connectivity index (χ4v) is 3.50. The van der Waals surface area contributed by atoms with Crippen LogP contribution in [0.3, 0.4) is 0 Å². The van der Waals surface area contributed by atoms with Crippen molar-refractivity contribution in [1.82, 2.24) is 10.1 Å². The van der Waals surface area contributed by atoms with E-state index in [2.05, 4.69) is 14.9 Å². The summed E-state index contributed by atoms with van der Waals surface area (Å²) < 4.78 is 30.9. The molecule has 2 aromatic heterocycles. The summed E-state index contributed by atoms with van der Waals surface area (Å²) in [5.41, 5.74) is 0.761. The fourth-order valence-electron chi connectivity index (χ4n) is 1.37. The molecule has 0 bridgehead atoms. The van der Waals surface area contributed by atoms with Gasteiger partial charge in [-0.2, -0.15) is 0 Å². The summed E-state index contributed by atoms with van der Waals surface area (Å²) in [4.78, 5) is 3.98. The van der Waals surface area contributed by atoms with Crippen LogP contribution in [0, 0.1) is 6.92 Å². The Hall–Kier alpha value is -1.45. The van der Waals surface area contributed by atoms with E-state index in [9.17, 15) is 13.5 Å². The van der Waals surface area contributed by atoms with Crippen molar-refractivity contribution in [1.29, 1.82) is 0 Å². The van der Waals surface area contributed by atoms with Gasteiger partial charge in [-0.25, -0.2) is 13.4 Å². The highest BCUT2D eigenvalue weighted by molar-refractivity contribution is 7.92. The first-order chi connectivity index (χ1) is 8.85. The van der Waals surface area contributed by atoms with Gasteiger partial charge < -0.3 is 9.63 Å². The number of aromatic nitrogens is 2. The highest BCUT2D eigenvalue weighted by Gasteiger charge is 2.17. The third-order valence-corrected chi connectivity index (χ3v) is 4.29. The smallest absolute Gasteiger partial charge is 0.240 e. The van der Waals surface area contributed by atoms with Gasteiger partial charge in [-0.15, -0.1) is 11.3 Å². The van der Waals surface area contributed by atoms with Crippen LogP contribution >= 0.6 is 11.3 Å². The summed E-state index contributed by atoms with van der Waals surface area (Å²) >= 11 is 1.12. The Morgan fingerprint density at radius 3 is 2.84 bits per heavy atom. The average Bonchev–Trinajstić information content (AvgIpc) is 2.87. The summed E-state index contributed by atoms with van der Waals surface area (Å²) in [6.45, 7) is 3.25. The van der Waals surface area contributed by atoms with Crippen molar-refractivity contribution in [3.8, 4) is 0 Å². The molecule has 0 radical (unpaired) electrons. The normalized spacial score (nSPS) is 13.4. The molecule has 1 unspecified atom stereocenters. The lowest BCUT2D eigenvalue weighted by atomic mass is 10.3. The van der Waals surface area contributed by atoms with Crippen molar-refractivity contribution >= 4 is 26.5 Å². The Bertz CT molecular complexity index is 660. The second-order valence-corrected chi connectivity index (χ2v) is 6.62. The molecule has 0 fully saturated rings. The van der Waals surface area contributed by atoms with E-state index in [-0.39, 0.29) is 10.9 Å². The molecular formula is C10H13N3O4S2. The minimum absolute atomic E-state index is 0.219. The number of nitrogens with one attached hydrogen (secondary N) is 1. The molecule has 0 saturated heterocycles. The molecule has 2 heterocycles. The second kappa shape index (κ2) is 5.27. The van der Waals surface area contributed by atoms with Crippen LogP contribution in [0.25, 0.3) is 0 Å². The Morgan fingerprint density at radius 2 is 2.32 bits per heavy atom. The van der Waals surface area contributed by atoms with Crippen LogP contribution < -0.4 is 4.72 Å². The van der Waals surface area contributed by atoms with Gasteiger partial charge in [0, 0.05) is 11.4 Å². The van der Waals surface area contributed by atoms with E-state index in [0.717, 1.165) is 11.3 Å². The van der Waals surface area contributed by atoms with E-state index in [1.54, 1.807) is 25.3 Å². The lowest BCUT2D eigenvalue weighted by Crippen LogP contribution is -2.15. The van der Waals surface area contributed by atoms with Crippen LogP contribution in [-0.4, -0.2) is 23.7 Å². The van der Waals surface area contributed by atoms with Crippen LogP contribution in [0.15, 0.2) is 16.0 Å². The quantitative estimate of drug-likeness (QED) is 0.865. The number of thiazole rings is 1. The number of aliphatic hydroxyl groups is 1. The van der Waals surface area contributed by atoms with Crippen LogP contribution in [0.5, 0.6) is 0 Å². The second-order valence-electron chi connectivity index (χ2n) is 4.04. The average molecular weight is 303 g/mol. The Labute approximate surface area is 114 Å². The molecule has 0 amide bonds. The maximum atomic E-state index is 11.9. The van der Waals surface area contributed by atoms with Crippen molar-refractivity contribution in [3.63, 3.8) is 0 Å². The zero-order chi connectivity index (χ0) is 14.0.